The van der Waals surface area contributed by atoms with Crippen LogP contribution in [0.3, 0.4) is 0 Å². The van der Waals surface area contributed by atoms with Crippen LogP contribution in [0.25, 0.3) is 16.2 Å². The fraction of sp³-hybridized carbons (Fsp3) is 0.105. The first-order chi connectivity index (χ1) is 13.0. The molecule has 1 aromatic carbocycles. The predicted molar refractivity (Wildman–Crippen MR) is 104 cm³/mol. The van der Waals surface area contributed by atoms with Gasteiger partial charge in [-0.2, -0.15) is 0 Å². The van der Waals surface area contributed by atoms with Crippen LogP contribution >= 0.6 is 22.9 Å². The molecule has 5 nitrogen and oxygen atoms in total. The minimum atomic E-state index is -0.307. The van der Waals surface area contributed by atoms with Crippen molar-refractivity contribution in [2.45, 2.75) is 13.5 Å². The van der Waals surface area contributed by atoms with Crippen LogP contribution in [-0.2, 0) is 6.54 Å². The van der Waals surface area contributed by atoms with Crippen LogP contribution < -0.4 is 5.32 Å². The molecule has 0 aliphatic rings. The third-order valence-electron chi connectivity index (χ3n) is 3.99. The fourth-order valence-corrected chi connectivity index (χ4v) is 3.83. The van der Waals surface area contributed by atoms with Gasteiger partial charge in [0.1, 0.15) is 21.3 Å². The summed E-state index contributed by atoms with van der Waals surface area (Å²) in [7, 11) is 0. The van der Waals surface area contributed by atoms with E-state index in [0.717, 1.165) is 16.9 Å². The quantitative estimate of drug-likeness (QED) is 0.549. The topological polar surface area (TPSA) is 59.3 Å². The van der Waals surface area contributed by atoms with E-state index in [1.165, 1.54) is 23.5 Å². The molecule has 0 saturated heterocycles. The fourth-order valence-electron chi connectivity index (χ4n) is 2.68. The maximum Gasteiger partial charge on any atom is 0.263 e. The van der Waals surface area contributed by atoms with Crippen molar-refractivity contribution in [2.75, 3.05) is 0 Å². The number of pyridine rings is 1. The van der Waals surface area contributed by atoms with Crippen LogP contribution in [0.5, 0.6) is 0 Å². The number of benzene rings is 1. The number of carbonyl (C=O) groups excluding carboxylic acids is 1. The van der Waals surface area contributed by atoms with Gasteiger partial charge in [0.2, 0.25) is 0 Å². The van der Waals surface area contributed by atoms with Crippen molar-refractivity contribution in [1.82, 2.24) is 19.7 Å². The molecule has 8 heteroatoms. The zero-order valence-electron chi connectivity index (χ0n) is 14.2. The molecule has 0 atom stereocenters. The molecule has 136 valence electrons. The van der Waals surface area contributed by atoms with Gasteiger partial charge < -0.3 is 9.72 Å². The Balaban J connectivity index is 1.50. The third-order valence-corrected chi connectivity index (χ3v) is 5.42. The number of thiazole rings is 1. The van der Waals surface area contributed by atoms with Gasteiger partial charge in [0, 0.05) is 18.0 Å². The highest BCUT2D eigenvalue weighted by Crippen LogP contribution is 2.28. The Hall–Kier alpha value is -2.77. The number of nitrogens with zero attached hydrogens (tertiary/aromatic N) is 3. The summed E-state index contributed by atoms with van der Waals surface area (Å²) in [5.41, 5.74) is 2.90. The lowest BCUT2D eigenvalue weighted by molar-refractivity contribution is 0.0953. The average Bonchev–Trinajstić information content (AvgIpc) is 3.23. The molecule has 0 radical (unpaired) electrons. The molecule has 0 bridgehead atoms. The van der Waals surface area contributed by atoms with Gasteiger partial charge >= 0.3 is 0 Å². The van der Waals surface area contributed by atoms with Gasteiger partial charge in [-0.15, -0.1) is 11.3 Å². The minimum absolute atomic E-state index is 0.214. The molecule has 1 N–H and O–H groups in total. The van der Waals surface area contributed by atoms with Crippen LogP contribution in [0, 0.1) is 12.7 Å². The van der Waals surface area contributed by atoms with Crippen molar-refractivity contribution in [2.24, 2.45) is 0 Å². The molecule has 0 saturated carbocycles. The van der Waals surface area contributed by atoms with Gasteiger partial charge in [0.15, 0.2) is 0 Å². The van der Waals surface area contributed by atoms with Gasteiger partial charge in [0.05, 0.1) is 23.0 Å². The second-order valence-corrected chi connectivity index (χ2v) is 7.40. The van der Waals surface area contributed by atoms with Gasteiger partial charge in [0.25, 0.3) is 5.91 Å². The van der Waals surface area contributed by atoms with E-state index in [1.54, 1.807) is 31.3 Å². The lowest BCUT2D eigenvalue weighted by atomic mass is 10.2. The molecule has 0 fully saturated rings. The first-order valence-electron chi connectivity index (χ1n) is 8.14. The molecule has 0 spiro atoms. The Morgan fingerprint density at radius 3 is 2.74 bits per heavy atom. The van der Waals surface area contributed by atoms with E-state index >= 15 is 0 Å². The standard InChI is InChI=1S/C19H14ClFN4OS/c1-11-17(27-19(23-11)12-2-5-14(21)6-3-12)18(26)22-8-15-10-25-9-13(20)4-7-16(25)24-15/h2-7,9-10H,8H2,1H3,(H,22,26). The third kappa shape index (κ3) is 3.70. The van der Waals surface area contributed by atoms with Gasteiger partial charge in [-0.05, 0) is 43.3 Å². The first-order valence-corrected chi connectivity index (χ1v) is 9.34. The predicted octanol–water partition coefficient (Wildman–Crippen LogP) is 4.49. The summed E-state index contributed by atoms with van der Waals surface area (Å²) >= 11 is 7.25. The smallest absolute Gasteiger partial charge is 0.263 e. The number of aryl methyl sites for hydroxylation is 1. The monoisotopic (exact) mass is 400 g/mol. The Kier molecular flexibility index (Phi) is 4.63. The Morgan fingerprint density at radius 1 is 1.19 bits per heavy atom. The Labute approximate surface area is 163 Å². The van der Waals surface area contributed by atoms with E-state index in [0.29, 0.717) is 27.1 Å². The van der Waals surface area contributed by atoms with Gasteiger partial charge in [-0.25, -0.2) is 14.4 Å². The zero-order chi connectivity index (χ0) is 19.0. The average molecular weight is 401 g/mol. The molecule has 0 unspecified atom stereocenters. The Bertz CT molecular complexity index is 1140. The van der Waals surface area contributed by atoms with Gasteiger partial charge in [-0.3, -0.25) is 4.79 Å². The number of amides is 1. The highest BCUT2D eigenvalue weighted by Gasteiger charge is 2.16. The van der Waals surface area contributed by atoms with Crippen LogP contribution in [0.2, 0.25) is 5.02 Å². The molecule has 0 aliphatic carbocycles. The van der Waals surface area contributed by atoms with E-state index < -0.39 is 0 Å². The summed E-state index contributed by atoms with van der Waals surface area (Å²) in [6.45, 7) is 2.08. The van der Waals surface area contributed by atoms with E-state index in [-0.39, 0.29) is 11.7 Å². The zero-order valence-corrected chi connectivity index (χ0v) is 15.8. The summed E-state index contributed by atoms with van der Waals surface area (Å²) in [5.74, 6) is -0.521. The summed E-state index contributed by atoms with van der Waals surface area (Å²) in [6.07, 6.45) is 3.59. The van der Waals surface area contributed by atoms with Crippen molar-refractivity contribution in [3.05, 3.63) is 75.9 Å². The number of imidazole rings is 1. The Morgan fingerprint density at radius 2 is 1.96 bits per heavy atom. The maximum absolute atomic E-state index is 13.1. The molecule has 3 heterocycles. The number of hydrogen-bond donors (Lipinski definition) is 1. The molecule has 4 rings (SSSR count). The first kappa shape index (κ1) is 17.6. The highest BCUT2D eigenvalue weighted by molar-refractivity contribution is 7.17. The molecular weight excluding hydrogens is 387 g/mol. The van der Waals surface area contributed by atoms with E-state index in [1.807, 2.05) is 16.7 Å². The molecular formula is C19H14ClFN4OS. The SMILES string of the molecule is Cc1nc(-c2ccc(F)cc2)sc1C(=O)NCc1cn2cc(Cl)ccc2n1. The number of nitrogens with one attached hydrogen (secondary N) is 1. The second kappa shape index (κ2) is 7.09. The number of carbonyl (C=O) groups is 1. The van der Waals surface area contributed by atoms with E-state index in [4.69, 9.17) is 11.6 Å². The van der Waals surface area contributed by atoms with Crippen LogP contribution in [0.15, 0.2) is 48.8 Å². The highest BCUT2D eigenvalue weighted by atomic mass is 35.5. The van der Waals surface area contributed by atoms with Crippen molar-refractivity contribution >= 4 is 34.5 Å². The molecule has 27 heavy (non-hydrogen) atoms. The largest absolute Gasteiger partial charge is 0.346 e. The molecule has 3 aromatic heterocycles. The van der Waals surface area contributed by atoms with Crippen molar-refractivity contribution in [3.63, 3.8) is 0 Å². The number of fused-ring (bicyclic) bond motifs is 1. The van der Waals surface area contributed by atoms with Crippen molar-refractivity contribution < 1.29 is 9.18 Å². The van der Waals surface area contributed by atoms with Crippen molar-refractivity contribution in [3.8, 4) is 10.6 Å². The van der Waals surface area contributed by atoms with Crippen LogP contribution in [-0.4, -0.2) is 20.3 Å². The summed E-state index contributed by atoms with van der Waals surface area (Å²) in [5, 5.41) is 4.16. The van der Waals surface area contributed by atoms with Crippen molar-refractivity contribution in [1.29, 1.82) is 0 Å². The maximum atomic E-state index is 13.1. The number of rotatable bonds is 4. The number of aromatic nitrogens is 3. The summed E-state index contributed by atoms with van der Waals surface area (Å²) < 4.78 is 14.9. The van der Waals surface area contributed by atoms with Crippen LogP contribution in [0.1, 0.15) is 21.1 Å². The van der Waals surface area contributed by atoms with Gasteiger partial charge in [-0.1, -0.05) is 11.6 Å². The number of halogens is 2. The summed E-state index contributed by atoms with van der Waals surface area (Å²) in [6, 6.07) is 9.64. The van der Waals surface area contributed by atoms with E-state index in [2.05, 4.69) is 15.3 Å². The molecule has 1 amide bonds. The summed E-state index contributed by atoms with van der Waals surface area (Å²) in [4.78, 5) is 22.0. The second-order valence-electron chi connectivity index (χ2n) is 5.97. The van der Waals surface area contributed by atoms with Crippen LogP contribution in [0.4, 0.5) is 4.39 Å². The van der Waals surface area contributed by atoms with E-state index in [9.17, 15) is 9.18 Å². The minimum Gasteiger partial charge on any atom is -0.346 e. The lowest BCUT2D eigenvalue weighted by Gasteiger charge is -2.01. The number of hydrogen-bond acceptors (Lipinski definition) is 4. The lowest BCUT2D eigenvalue weighted by Crippen LogP contribution is -2.22. The normalized spacial score (nSPS) is 11.1. The molecule has 0 aliphatic heterocycles. The molecule has 4 aromatic rings.